The van der Waals surface area contributed by atoms with Crippen LogP contribution in [0.15, 0.2) is 23.2 Å². The first-order chi connectivity index (χ1) is 11.5. The quantitative estimate of drug-likeness (QED) is 0.331. The highest BCUT2D eigenvalue weighted by atomic mass is 127. The number of hydrogen-bond acceptors (Lipinski definition) is 2. The van der Waals surface area contributed by atoms with Crippen LogP contribution in [0.5, 0.6) is 0 Å². The highest BCUT2D eigenvalue weighted by molar-refractivity contribution is 14.0. The molecule has 5 heteroatoms. The van der Waals surface area contributed by atoms with E-state index in [1.807, 2.05) is 7.05 Å². The number of guanidine groups is 1. The molecule has 0 fully saturated rings. The number of halogens is 1. The SMILES string of the molecule is CCN(CC)CCCC(C)NC(=NC)NCc1ccc(C)cc1C.I. The summed E-state index contributed by atoms with van der Waals surface area (Å²) in [7, 11) is 1.83. The van der Waals surface area contributed by atoms with Crippen molar-refractivity contribution in [2.75, 3.05) is 26.7 Å². The Labute approximate surface area is 171 Å². The summed E-state index contributed by atoms with van der Waals surface area (Å²) >= 11 is 0. The molecule has 0 saturated heterocycles. The van der Waals surface area contributed by atoms with E-state index in [0.29, 0.717) is 6.04 Å². The lowest BCUT2D eigenvalue weighted by molar-refractivity contribution is 0.292. The van der Waals surface area contributed by atoms with Crippen molar-refractivity contribution in [3.8, 4) is 0 Å². The van der Waals surface area contributed by atoms with Gasteiger partial charge in [-0.2, -0.15) is 0 Å². The maximum Gasteiger partial charge on any atom is 0.191 e. The Bertz CT molecular complexity index is 512. The van der Waals surface area contributed by atoms with Gasteiger partial charge in [0.25, 0.3) is 0 Å². The Morgan fingerprint density at radius 3 is 2.44 bits per heavy atom. The van der Waals surface area contributed by atoms with Gasteiger partial charge in [-0.05, 0) is 64.4 Å². The van der Waals surface area contributed by atoms with Crippen molar-refractivity contribution >= 4 is 29.9 Å². The van der Waals surface area contributed by atoms with Crippen molar-refractivity contribution in [2.24, 2.45) is 4.99 Å². The number of nitrogens with zero attached hydrogens (tertiary/aromatic N) is 2. The third-order valence-corrected chi connectivity index (χ3v) is 4.56. The molecule has 1 unspecified atom stereocenters. The maximum atomic E-state index is 4.35. The molecule has 0 amide bonds. The Morgan fingerprint density at radius 1 is 1.20 bits per heavy atom. The highest BCUT2D eigenvalue weighted by Gasteiger charge is 2.07. The summed E-state index contributed by atoms with van der Waals surface area (Å²) in [6.07, 6.45) is 2.37. The van der Waals surface area contributed by atoms with E-state index in [9.17, 15) is 0 Å². The van der Waals surface area contributed by atoms with Gasteiger partial charge >= 0.3 is 0 Å². The second kappa shape index (κ2) is 13.4. The minimum Gasteiger partial charge on any atom is -0.354 e. The van der Waals surface area contributed by atoms with Crippen LogP contribution >= 0.6 is 24.0 Å². The van der Waals surface area contributed by atoms with Crippen LogP contribution in [-0.2, 0) is 6.54 Å². The van der Waals surface area contributed by atoms with Crippen molar-refractivity contribution < 1.29 is 0 Å². The molecule has 25 heavy (non-hydrogen) atoms. The van der Waals surface area contributed by atoms with Gasteiger partial charge in [-0.3, -0.25) is 4.99 Å². The van der Waals surface area contributed by atoms with Crippen LogP contribution in [0, 0.1) is 13.8 Å². The van der Waals surface area contributed by atoms with Crippen LogP contribution in [0.1, 0.15) is 50.3 Å². The monoisotopic (exact) mass is 460 g/mol. The summed E-state index contributed by atoms with van der Waals surface area (Å²) in [4.78, 5) is 6.82. The van der Waals surface area contributed by atoms with Crippen LogP contribution in [0.2, 0.25) is 0 Å². The molecule has 0 aromatic heterocycles. The fourth-order valence-corrected chi connectivity index (χ4v) is 2.88. The first kappa shape index (κ1) is 24.2. The van der Waals surface area contributed by atoms with Crippen molar-refractivity contribution in [3.05, 3.63) is 34.9 Å². The van der Waals surface area contributed by atoms with Gasteiger partial charge in [0.05, 0.1) is 0 Å². The van der Waals surface area contributed by atoms with Crippen molar-refractivity contribution in [2.45, 2.75) is 60.0 Å². The maximum absolute atomic E-state index is 4.35. The molecular weight excluding hydrogens is 423 g/mol. The summed E-state index contributed by atoms with van der Waals surface area (Å²) < 4.78 is 0. The van der Waals surface area contributed by atoms with Crippen molar-refractivity contribution in [3.63, 3.8) is 0 Å². The number of aliphatic imine (C=N–C) groups is 1. The Balaban J connectivity index is 0.00000576. The smallest absolute Gasteiger partial charge is 0.191 e. The molecule has 1 atom stereocenters. The summed E-state index contributed by atoms with van der Waals surface area (Å²) in [6.45, 7) is 15.2. The van der Waals surface area contributed by atoms with Crippen LogP contribution in [-0.4, -0.2) is 43.6 Å². The summed E-state index contributed by atoms with van der Waals surface area (Å²) in [5.41, 5.74) is 3.95. The first-order valence-electron chi connectivity index (χ1n) is 9.25. The molecule has 1 aromatic rings. The molecule has 0 aliphatic rings. The minimum absolute atomic E-state index is 0. The Hall–Kier alpha value is -0.820. The molecule has 1 aromatic carbocycles. The van der Waals surface area contributed by atoms with E-state index < -0.39 is 0 Å². The number of rotatable bonds is 9. The van der Waals surface area contributed by atoms with Crippen LogP contribution in [0.3, 0.4) is 0 Å². The predicted molar refractivity (Wildman–Crippen MR) is 121 cm³/mol. The van der Waals surface area contributed by atoms with Gasteiger partial charge in [-0.1, -0.05) is 37.6 Å². The lowest BCUT2D eigenvalue weighted by Crippen LogP contribution is -2.42. The molecule has 0 bridgehead atoms. The fourth-order valence-electron chi connectivity index (χ4n) is 2.88. The van der Waals surface area contributed by atoms with E-state index in [2.05, 4.69) is 73.3 Å². The highest BCUT2D eigenvalue weighted by Crippen LogP contribution is 2.10. The molecular formula is C20H37IN4. The van der Waals surface area contributed by atoms with Gasteiger partial charge in [0.2, 0.25) is 0 Å². The fraction of sp³-hybridized carbons (Fsp3) is 0.650. The summed E-state index contributed by atoms with van der Waals surface area (Å²) in [5, 5.41) is 6.92. The summed E-state index contributed by atoms with van der Waals surface area (Å²) in [5.74, 6) is 0.880. The zero-order valence-electron chi connectivity index (χ0n) is 16.9. The molecule has 0 aliphatic heterocycles. The van der Waals surface area contributed by atoms with E-state index in [4.69, 9.17) is 0 Å². The number of aryl methyl sites for hydroxylation is 2. The average Bonchev–Trinajstić information content (AvgIpc) is 2.56. The predicted octanol–water partition coefficient (Wildman–Crippen LogP) is 4.10. The molecule has 0 heterocycles. The third-order valence-electron chi connectivity index (χ3n) is 4.56. The van der Waals surface area contributed by atoms with Crippen molar-refractivity contribution in [1.82, 2.24) is 15.5 Å². The number of nitrogens with one attached hydrogen (secondary N) is 2. The van der Waals surface area contributed by atoms with E-state index in [-0.39, 0.29) is 24.0 Å². The van der Waals surface area contributed by atoms with Crippen LogP contribution in [0.4, 0.5) is 0 Å². The van der Waals surface area contributed by atoms with Gasteiger partial charge in [0, 0.05) is 19.6 Å². The van der Waals surface area contributed by atoms with E-state index >= 15 is 0 Å². The van der Waals surface area contributed by atoms with E-state index in [1.54, 1.807) is 0 Å². The molecule has 2 N–H and O–H groups in total. The molecule has 0 spiro atoms. The zero-order valence-corrected chi connectivity index (χ0v) is 19.2. The Morgan fingerprint density at radius 2 is 1.88 bits per heavy atom. The normalized spacial score (nSPS) is 12.7. The molecule has 1 rings (SSSR count). The molecule has 144 valence electrons. The third kappa shape index (κ3) is 9.45. The standard InChI is InChI=1S/C20H36N4.HI/c1-7-24(8-2)13-9-10-18(5)23-20(21-6)22-15-19-12-11-16(3)14-17(19)4;/h11-12,14,18H,7-10,13,15H2,1-6H3,(H2,21,22,23);1H. The minimum atomic E-state index is 0. The average molecular weight is 460 g/mol. The Kier molecular flexibility index (Phi) is 13.0. The van der Waals surface area contributed by atoms with Gasteiger partial charge in [0.15, 0.2) is 5.96 Å². The topological polar surface area (TPSA) is 39.7 Å². The van der Waals surface area contributed by atoms with E-state index in [1.165, 1.54) is 29.7 Å². The van der Waals surface area contributed by atoms with Crippen molar-refractivity contribution in [1.29, 1.82) is 0 Å². The van der Waals surface area contributed by atoms with Gasteiger partial charge in [0.1, 0.15) is 0 Å². The van der Waals surface area contributed by atoms with Crippen LogP contribution in [0.25, 0.3) is 0 Å². The number of benzene rings is 1. The molecule has 0 aliphatic carbocycles. The zero-order chi connectivity index (χ0) is 17.9. The van der Waals surface area contributed by atoms with Gasteiger partial charge < -0.3 is 15.5 Å². The summed E-state index contributed by atoms with van der Waals surface area (Å²) in [6, 6.07) is 7.00. The largest absolute Gasteiger partial charge is 0.354 e. The molecule has 4 nitrogen and oxygen atoms in total. The van der Waals surface area contributed by atoms with E-state index in [0.717, 1.165) is 32.0 Å². The van der Waals surface area contributed by atoms with Gasteiger partial charge in [-0.25, -0.2) is 0 Å². The first-order valence-corrected chi connectivity index (χ1v) is 9.25. The lowest BCUT2D eigenvalue weighted by atomic mass is 10.1. The van der Waals surface area contributed by atoms with Gasteiger partial charge in [-0.15, -0.1) is 24.0 Å². The molecule has 0 saturated carbocycles. The number of hydrogen-bond donors (Lipinski definition) is 2. The van der Waals surface area contributed by atoms with Crippen LogP contribution < -0.4 is 10.6 Å². The lowest BCUT2D eigenvalue weighted by Gasteiger charge is -2.21. The molecule has 0 radical (unpaired) electrons. The second-order valence-electron chi connectivity index (χ2n) is 6.57. The second-order valence-corrected chi connectivity index (χ2v) is 6.57.